The van der Waals surface area contributed by atoms with Crippen molar-refractivity contribution in [3.05, 3.63) is 58.3 Å². The van der Waals surface area contributed by atoms with Crippen LogP contribution in [0.2, 0.25) is 0 Å². The molecule has 3 rings (SSSR count). The Morgan fingerprint density at radius 3 is 2.64 bits per heavy atom. The first-order valence-electron chi connectivity index (χ1n) is 8.24. The minimum Gasteiger partial charge on any atom is -0.341 e. The Kier molecular flexibility index (Phi) is 5.56. The van der Waals surface area contributed by atoms with Gasteiger partial charge in [0.25, 0.3) is 0 Å². The van der Waals surface area contributed by atoms with E-state index in [9.17, 15) is 13.2 Å². The van der Waals surface area contributed by atoms with Crippen LogP contribution >= 0.6 is 11.3 Å². The quantitative estimate of drug-likeness (QED) is 0.836. The number of sulfone groups is 1. The fraction of sp³-hybridized carbons (Fsp3) is 0.389. The molecule has 1 aliphatic heterocycles. The zero-order valence-electron chi connectivity index (χ0n) is 14.1. The second kappa shape index (κ2) is 7.68. The highest BCUT2D eigenvalue weighted by Gasteiger charge is 2.32. The molecule has 1 N–H and O–H groups in total. The Bertz CT molecular complexity index is 804. The first-order valence-corrected chi connectivity index (χ1v) is 10.9. The topological polar surface area (TPSA) is 66.5 Å². The predicted molar refractivity (Wildman–Crippen MR) is 100 cm³/mol. The van der Waals surface area contributed by atoms with Gasteiger partial charge in [0.05, 0.1) is 24.1 Å². The summed E-state index contributed by atoms with van der Waals surface area (Å²) in [4.78, 5) is 15.2. The molecule has 2 heterocycles. The van der Waals surface area contributed by atoms with Crippen LogP contribution in [0.3, 0.4) is 0 Å². The lowest BCUT2D eigenvalue weighted by Gasteiger charge is -2.25. The number of nitrogens with zero attached hydrogens (tertiary/aromatic N) is 1. The first kappa shape index (κ1) is 18.1. The molecular weight excluding hydrogens is 356 g/mol. The monoisotopic (exact) mass is 378 g/mol. The van der Waals surface area contributed by atoms with Crippen molar-refractivity contribution in [3.8, 4) is 0 Å². The maximum Gasteiger partial charge on any atom is 0.236 e. The lowest BCUT2D eigenvalue weighted by Crippen LogP contribution is -2.43. The van der Waals surface area contributed by atoms with Crippen molar-refractivity contribution in [2.75, 3.05) is 25.1 Å². The van der Waals surface area contributed by atoms with Crippen LogP contribution in [0.5, 0.6) is 0 Å². The Balaban J connectivity index is 1.66. The summed E-state index contributed by atoms with van der Waals surface area (Å²) < 4.78 is 23.2. The maximum atomic E-state index is 12.5. The van der Waals surface area contributed by atoms with Crippen molar-refractivity contribution in [1.82, 2.24) is 10.2 Å². The fourth-order valence-electron chi connectivity index (χ4n) is 3.08. The summed E-state index contributed by atoms with van der Waals surface area (Å²) in [5.41, 5.74) is 1.10. The van der Waals surface area contributed by atoms with E-state index < -0.39 is 9.84 Å². The number of rotatable bonds is 6. The summed E-state index contributed by atoms with van der Waals surface area (Å²) in [6, 6.07) is 13.8. The van der Waals surface area contributed by atoms with Gasteiger partial charge < -0.3 is 4.90 Å². The van der Waals surface area contributed by atoms with Crippen molar-refractivity contribution in [2.24, 2.45) is 0 Å². The SMILES string of the molecule is CN(C(=O)CN[C@H](c1ccccc1)c1cccs1)[C@H]1CCS(=O)(=O)C1. The molecule has 0 radical (unpaired) electrons. The van der Waals surface area contributed by atoms with Crippen LogP contribution in [0.4, 0.5) is 0 Å². The number of hydrogen-bond donors (Lipinski definition) is 1. The van der Waals surface area contributed by atoms with E-state index in [0.717, 1.165) is 10.4 Å². The molecule has 7 heteroatoms. The molecule has 25 heavy (non-hydrogen) atoms. The smallest absolute Gasteiger partial charge is 0.236 e. The number of nitrogens with one attached hydrogen (secondary N) is 1. The Morgan fingerprint density at radius 1 is 1.28 bits per heavy atom. The van der Waals surface area contributed by atoms with Crippen molar-refractivity contribution in [3.63, 3.8) is 0 Å². The van der Waals surface area contributed by atoms with Gasteiger partial charge in [-0.25, -0.2) is 8.42 Å². The summed E-state index contributed by atoms with van der Waals surface area (Å²) >= 11 is 1.64. The third-order valence-electron chi connectivity index (χ3n) is 4.57. The highest BCUT2D eigenvalue weighted by atomic mass is 32.2. The van der Waals surface area contributed by atoms with E-state index >= 15 is 0 Å². The van der Waals surface area contributed by atoms with Gasteiger partial charge in [-0.15, -0.1) is 11.3 Å². The zero-order valence-corrected chi connectivity index (χ0v) is 15.7. The molecule has 1 aromatic heterocycles. The molecule has 1 saturated heterocycles. The van der Waals surface area contributed by atoms with Gasteiger partial charge in [0, 0.05) is 18.0 Å². The molecule has 0 bridgehead atoms. The van der Waals surface area contributed by atoms with Gasteiger partial charge >= 0.3 is 0 Å². The largest absolute Gasteiger partial charge is 0.341 e. The Hall–Kier alpha value is -1.70. The molecule has 5 nitrogen and oxygen atoms in total. The molecule has 1 aromatic carbocycles. The predicted octanol–water partition coefficient (Wildman–Crippen LogP) is 2.07. The van der Waals surface area contributed by atoms with Crippen LogP contribution in [0.15, 0.2) is 47.8 Å². The van der Waals surface area contributed by atoms with Crippen LogP contribution in [0.25, 0.3) is 0 Å². The number of benzene rings is 1. The van der Waals surface area contributed by atoms with Crippen molar-refractivity contribution >= 4 is 27.1 Å². The van der Waals surface area contributed by atoms with Crippen LogP contribution in [0.1, 0.15) is 22.9 Å². The van der Waals surface area contributed by atoms with E-state index in [1.165, 1.54) is 0 Å². The highest BCUT2D eigenvalue weighted by molar-refractivity contribution is 7.91. The average Bonchev–Trinajstić information content (AvgIpc) is 3.25. The first-order chi connectivity index (χ1) is 12.0. The van der Waals surface area contributed by atoms with E-state index in [2.05, 4.69) is 5.32 Å². The van der Waals surface area contributed by atoms with Crippen LogP contribution < -0.4 is 5.32 Å². The minimum absolute atomic E-state index is 0.0501. The van der Waals surface area contributed by atoms with E-state index in [1.807, 2.05) is 47.8 Å². The summed E-state index contributed by atoms with van der Waals surface area (Å²) in [7, 11) is -1.30. The normalized spacial score (nSPS) is 20.3. The lowest BCUT2D eigenvalue weighted by molar-refractivity contribution is -0.130. The van der Waals surface area contributed by atoms with Gasteiger partial charge in [-0.3, -0.25) is 10.1 Å². The molecule has 2 aromatic rings. The third-order valence-corrected chi connectivity index (χ3v) is 7.26. The number of hydrogen-bond acceptors (Lipinski definition) is 5. The van der Waals surface area contributed by atoms with Gasteiger partial charge in [0.2, 0.25) is 5.91 Å². The van der Waals surface area contributed by atoms with E-state index in [1.54, 1.807) is 23.3 Å². The molecular formula is C18H22N2O3S2. The van der Waals surface area contributed by atoms with Gasteiger partial charge in [0.1, 0.15) is 0 Å². The standard InChI is InChI=1S/C18H22N2O3S2/c1-20(15-9-11-25(22,23)13-15)17(21)12-19-18(16-8-5-10-24-16)14-6-3-2-4-7-14/h2-8,10,15,18-19H,9,11-13H2,1H3/t15-,18+/m0/s1. The Labute approximate surface area is 152 Å². The van der Waals surface area contributed by atoms with E-state index in [0.29, 0.717) is 6.42 Å². The number of amides is 1. The van der Waals surface area contributed by atoms with Gasteiger partial charge in [-0.2, -0.15) is 0 Å². The Morgan fingerprint density at radius 2 is 2.04 bits per heavy atom. The van der Waals surface area contributed by atoms with Crippen LogP contribution in [-0.2, 0) is 14.6 Å². The van der Waals surface area contributed by atoms with Crippen LogP contribution in [-0.4, -0.2) is 50.4 Å². The van der Waals surface area contributed by atoms with Crippen LogP contribution in [0, 0.1) is 0 Å². The molecule has 2 atom stereocenters. The van der Waals surface area contributed by atoms with Crippen molar-refractivity contribution in [1.29, 1.82) is 0 Å². The number of carbonyl (C=O) groups is 1. The second-order valence-corrected chi connectivity index (χ2v) is 9.51. The highest BCUT2D eigenvalue weighted by Crippen LogP contribution is 2.26. The maximum absolute atomic E-state index is 12.5. The van der Waals surface area contributed by atoms with Crippen molar-refractivity contribution < 1.29 is 13.2 Å². The molecule has 1 aliphatic rings. The molecule has 0 saturated carbocycles. The average molecular weight is 379 g/mol. The lowest BCUT2D eigenvalue weighted by atomic mass is 10.1. The molecule has 1 amide bonds. The fourth-order valence-corrected chi connectivity index (χ4v) is 5.68. The molecule has 0 spiro atoms. The third kappa shape index (κ3) is 4.48. The molecule has 1 fully saturated rings. The number of likely N-dealkylation sites (N-methyl/N-ethyl adjacent to an activating group) is 1. The second-order valence-electron chi connectivity index (χ2n) is 6.30. The van der Waals surface area contributed by atoms with Gasteiger partial charge in [-0.1, -0.05) is 36.4 Å². The summed E-state index contributed by atoms with van der Waals surface area (Å²) in [5, 5.41) is 5.35. The molecule has 0 aliphatic carbocycles. The summed E-state index contributed by atoms with van der Waals surface area (Å²) in [6.45, 7) is 0.171. The summed E-state index contributed by atoms with van der Waals surface area (Å²) in [5.74, 6) is 0.159. The molecule has 134 valence electrons. The van der Waals surface area contributed by atoms with E-state index in [4.69, 9.17) is 0 Å². The summed E-state index contributed by atoms with van der Waals surface area (Å²) in [6.07, 6.45) is 0.525. The number of carbonyl (C=O) groups excluding carboxylic acids is 1. The van der Waals surface area contributed by atoms with E-state index in [-0.39, 0.29) is 36.0 Å². The number of thiophene rings is 1. The molecule has 0 unspecified atom stereocenters. The van der Waals surface area contributed by atoms with Gasteiger partial charge in [-0.05, 0) is 23.4 Å². The van der Waals surface area contributed by atoms with Gasteiger partial charge in [0.15, 0.2) is 9.84 Å². The zero-order chi connectivity index (χ0) is 17.9. The minimum atomic E-state index is -3.00. The van der Waals surface area contributed by atoms with Crippen molar-refractivity contribution in [2.45, 2.75) is 18.5 Å².